The van der Waals surface area contributed by atoms with Gasteiger partial charge in [0.15, 0.2) is 11.4 Å². The maximum atomic E-state index is 13.8. The van der Waals surface area contributed by atoms with E-state index in [2.05, 4.69) is 16.9 Å². The van der Waals surface area contributed by atoms with Gasteiger partial charge in [0.25, 0.3) is 5.91 Å². The number of methoxy groups -OCH3 is 1. The van der Waals surface area contributed by atoms with Crippen molar-refractivity contribution in [3.05, 3.63) is 78.1 Å². The average Bonchev–Trinajstić information content (AvgIpc) is 3.28. The Bertz CT molecular complexity index is 1000. The third kappa shape index (κ3) is 5.18. The third-order valence-electron chi connectivity index (χ3n) is 5.74. The molecule has 32 heavy (non-hydrogen) atoms. The molecule has 1 saturated heterocycles. The molecule has 168 valence electrons. The van der Waals surface area contributed by atoms with E-state index in [1.54, 1.807) is 18.0 Å². The van der Waals surface area contributed by atoms with Crippen LogP contribution in [0.15, 0.2) is 66.9 Å². The lowest BCUT2D eigenvalue weighted by atomic mass is 10.1. The Labute approximate surface area is 189 Å². The second kappa shape index (κ2) is 10.4. The van der Waals surface area contributed by atoms with Crippen LogP contribution >= 0.6 is 0 Å². The summed E-state index contributed by atoms with van der Waals surface area (Å²) >= 11 is 0. The Hall–Kier alpha value is -3.16. The van der Waals surface area contributed by atoms with Crippen molar-refractivity contribution in [2.45, 2.75) is 19.5 Å². The zero-order valence-corrected chi connectivity index (χ0v) is 18.7. The van der Waals surface area contributed by atoms with Crippen LogP contribution in [0.2, 0.25) is 0 Å². The minimum atomic E-state index is -0.138. The van der Waals surface area contributed by atoms with Gasteiger partial charge in [0.1, 0.15) is 0 Å². The Morgan fingerprint density at radius 1 is 1.09 bits per heavy atom. The second-order valence-electron chi connectivity index (χ2n) is 8.01. The molecule has 1 aliphatic heterocycles. The van der Waals surface area contributed by atoms with Gasteiger partial charge in [0, 0.05) is 32.2 Å². The number of morpholine rings is 1. The van der Waals surface area contributed by atoms with Crippen molar-refractivity contribution in [3.63, 3.8) is 0 Å². The maximum Gasteiger partial charge on any atom is 0.278 e. The van der Waals surface area contributed by atoms with Crippen LogP contribution in [-0.4, -0.2) is 71.5 Å². The van der Waals surface area contributed by atoms with Crippen LogP contribution in [-0.2, 0) is 11.3 Å². The van der Waals surface area contributed by atoms with E-state index < -0.39 is 0 Å². The van der Waals surface area contributed by atoms with Crippen molar-refractivity contribution >= 4 is 5.91 Å². The summed E-state index contributed by atoms with van der Waals surface area (Å²) in [6.45, 7) is 6.60. The van der Waals surface area contributed by atoms with Crippen LogP contribution < -0.4 is 4.74 Å². The number of amides is 1. The van der Waals surface area contributed by atoms with Crippen LogP contribution in [0.3, 0.4) is 0 Å². The van der Waals surface area contributed by atoms with Gasteiger partial charge < -0.3 is 14.4 Å². The van der Waals surface area contributed by atoms with Gasteiger partial charge in [-0.3, -0.25) is 9.69 Å². The predicted octanol–water partition coefficient (Wildman–Crippen LogP) is 3.24. The lowest BCUT2D eigenvalue weighted by molar-refractivity contribution is 0.0226. The molecule has 4 rings (SSSR count). The summed E-state index contributed by atoms with van der Waals surface area (Å²) in [6.07, 6.45) is 1.76. The summed E-state index contributed by atoms with van der Waals surface area (Å²) in [6, 6.07) is 19.8. The van der Waals surface area contributed by atoms with Crippen molar-refractivity contribution in [2.75, 3.05) is 40.0 Å². The molecule has 7 heteroatoms. The van der Waals surface area contributed by atoms with E-state index in [-0.39, 0.29) is 11.9 Å². The number of hydrogen-bond acceptors (Lipinski definition) is 5. The molecule has 0 N–H and O–H groups in total. The van der Waals surface area contributed by atoms with Crippen molar-refractivity contribution in [1.82, 2.24) is 19.6 Å². The zero-order chi connectivity index (χ0) is 22.3. The minimum Gasteiger partial charge on any atom is -0.493 e. The normalized spacial score (nSPS) is 15.3. The monoisotopic (exact) mass is 434 g/mol. The SMILES string of the molecule is COc1cn(-c2ccccc2)nc1C(=O)N(Cc1ccccc1)C(C)CN1CCOCC1. The number of carbonyl (C=O) groups excluding carboxylic acids is 1. The molecular formula is C25H30N4O3. The molecule has 1 unspecified atom stereocenters. The van der Waals surface area contributed by atoms with Crippen LogP contribution in [0.4, 0.5) is 0 Å². The Morgan fingerprint density at radius 3 is 2.41 bits per heavy atom. The molecule has 3 aromatic rings. The van der Waals surface area contributed by atoms with Crippen molar-refractivity contribution in [1.29, 1.82) is 0 Å². The first-order chi connectivity index (χ1) is 15.7. The van der Waals surface area contributed by atoms with Crippen molar-refractivity contribution < 1.29 is 14.3 Å². The molecular weight excluding hydrogens is 404 g/mol. The highest BCUT2D eigenvalue weighted by Crippen LogP contribution is 2.23. The van der Waals surface area contributed by atoms with E-state index in [1.807, 2.05) is 65.6 Å². The maximum absolute atomic E-state index is 13.8. The number of rotatable bonds is 8. The average molecular weight is 435 g/mol. The first kappa shape index (κ1) is 22.0. The summed E-state index contributed by atoms with van der Waals surface area (Å²) in [5.41, 5.74) is 2.28. The first-order valence-electron chi connectivity index (χ1n) is 11.0. The fourth-order valence-electron chi connectivity index (χ4n) is 3.97. The standard InChI is InChI=1S/C25H30N4O3/c1-20(17-27-13-15-32-16-14-27)28(18-21-9-5-3-6-10-21)25(30)24-23(31-2)19-29(26-24)22-11-7-4-8-12-22/h3-12,19-20H,13-18H2,1-2H3. The summed E-state index contributed by atoms with van der Waals surface area (Å²) in [5.74, 6) is 0.330. The topological polar surface area (TPSA) is 59.8 Å². The van der Waals surface area contributed by atoms with E-state index in [1.165, 1.54) is 0 Å². The van der Waals surface area contributed by atoms with E-state index in [0.717, 1.165) is 44.1 Å². The van der Waals surface area contributed by atoms with Gasteiger partial charge in [-0.25, -0.2) is 4.68 Å². The fourth-order valence-corrected chi connectivity index (χ4v) is 3.97. The Morgan fingerprint density at radius 2 is 1.75 bits per heavy atom. The van der Waals surface area contributed by atoms with Crippen LogP contribution in [0.5, 0.6) is 5.75 Å². The lowest BCUT2D eigenvalue weighted by Crippen LogP contribution is -2.48. The summed E-state index contributed by atoms with van der Waals surface area (Å²) in [7, 11) is 1.57. The molecule has 0 aliphatic carbocycles. The number of ether oxygens (including phenoxy) is 2. The Balaban J connectivity index is 1.62. The molecule has 1 aliphatic rings. The minimum absolute atomic E-state index is 0.00705. The van der Waals surface area contributed by atoms with E-state index in [0.29, 0.717) is 18.0 Å². The smallest absolute Gasteiger partial charge is 0.278 e. The lowest BCUT2D eigenvalue weighted by Gasteiger charge is -2.35. The van der Waals surface area contributed by atoms with Gasteiger partial charge in [0.2, 0.25) is 0 Å². The first-order valence-corrected chi connectivity index (χ1v) is 11.0. The summed E-state index contributed by atoms with van der Waals surface area (Å²) in [4.78, 5) is 18.0. The number of benzene rings is 2. The molecule has 1 aromatic heterocycles. The van der Waals surface area contributed by atoms with Gasteiger partial charge in [-0.1, -0.05) is 48.5 Å². The molecule has 0 spiro atoms. The molecule has 1 amide bonds. The van der Waals surface area contributed by atoms with E-state index in [4.69, 9.17) is 9.47 Å². The highest BCUT2D eigenvalue weighted by Gasteiger charge is 2.29. The van der Waals surface area contributed by atoms with Crippen LogP contribution in [0.1, 0.15) is 23.0 Å². The van der Waals surface area contributed by atoms with E-state index >= 15 is 0 Å². The van der Waals surface area contributed by atoms with Gasteiger partial charge in [-0.05, 0) is 24.6 Å². The van der Waals surface area contributed by atoms with Gasteiger partial charge >= 0.3 is 0 Å². The molecule has 2 heterocycles. The third-order valence-corrected chi connectivity index (χ3v) is 5.74. The second-order valence-corrected chi connectivity index (χ2v) is 8.01. The summed E-state index contributed by atoms with van der Waals surface area (Å²) < 4.78 is 12.7. The molecule has 1 atom stereocenters. The molecule has 0 bridgehead atoms. The summed E-state index contributed by atoms with van der Waals surface area (Å²) in [5, 5.41) is 4.61. The number of carbonyl (C=O) groups is 1. The number of aromatic nitrogens is 2. The Kier molecular flexibility index (Phi) is 7.19. The van der Waals surface area contributed by atoms with Gasteiger partial charge in [0.05, 0.1) is 32.2 Å². The molecule has 2 aromatic carbocycles. The number of nitrogens with zero attached hydrogens (tertiary/aromatic N) is 4. The molecule has 7 nitrogen and oxygen atoms in total. The highest BCUT2D eigenvalue weighted by molar-refractivity contribution is 5.95. The van der Waals surface area contributed by atoms with Crippen molar-refractivity contribution in [2.24, 2.45) is 0 Å². The predicted molar refractivity (Wildman–Crippen MR) is 123 cm³/mol. The highest BCUT2D eigenvalue weighted by atomic mass is 16.5. The number of para-hydroxylation sites is 1. The fraction of sp³-hybridized carbons (Fsp3) is 0.360. The van der Waals surface area contributed by atoms with Gasteiger partial charge in [-0.15, -0.1) is 0 Å². The molecule has 0 radical (unpaired) electrons. The number of hydrogen-bond donors (Lipinski definition) is 0. The van der Waals surface area contributed by atoms with Crippen molar-refractivity contribution in [3.8, 4) is 11.4 Å². The largest absolute Gasteiger partial charge is 0.493 e. The zero-order valence-electron chi connectivity index (χ0n) is 18.7. The van der Waals surface area contributed by atoms with Crippen LogP contribution in [0.25, 0.3) is 5.69 Å². The quantitative estimate of drug-likeness (QED) is 0.545. The molecule has 0 saturated carbocycles. The van der Waals surface area contributed by atoms with Gasteiger partial charge in [-0.2, -0.15) is 5.10 Å². The van der Waals surface area contributed by atoms with Crippen LogP contribution in [0, 0.1) is 0 Å². The van der Waals surface area contributed by atoms with E-state index in [9.17, 15) is 4.79 Å². The molecule has 1 fully saturated rings.